The van der Waals surface area contributed by atoms with Gasteiger partial charge in [0.1, 0.15) is 5.52 Å². The Morgan fingerprint density at radius 1 is 1.47 bits per heavy atom. The predicted octanol–water partition coefficient (Wildman–Crippen LogP) is 3.10. The van der Waals surface area contributed by atoms with Gasteiger partial charge in [-0.1, -0.05) is 0 Å². The molecule has 0 atom stereocenters. The SMILES string of the molecule is Cc1nc2cc(NCC(C)(C)C#N)ccc2o1. The van der Waals surface area contributed by atoms with Crippen LogP contribution in [-0.2, 0) is 0 Å². The van der Waals surface area contributed by atoms with Gasteiger partial charge in [-0.25, -0.2) is 4.98 Å². The molecule has 0 radical (unpaired) electrons. The van der Waals surface area contributed by atoms with E-state index in [1.54, 1.807) is 0 Å². The normalized spacial score (nSPS) is 11.4. The van der Waals surface area contributed by atoms with E-state index in [4.69, 9.17) is 9.68 Å². The van der Waals surface area contributed by atoms with E-state index >= 15 is 0 Å². The summed E-state index contributed by atoms with van der Waals surface area (Å²) in [5.41, 5.74) is 2.19. The summed E-state index contributed by atoms with van der Waals surface area (Å²) < 4.78 is 5.40. The second-order valence-electron chi connectivity index (χ2n) is 4.76. The lowest BCUT2D eigenvalue weighted by atomic mass is 9.96. The van der Waals surface area contributed by atoms with Crippen LogP contribution in [-0.4, -0.2) is 11.5 Å². The zero-order valence-electron chi connectivity index (χ0n) is 10.2. The fraction of sp³-hybridized carbons (Fsp3) is 0.385. The Balaban J connectivity index is 2.17. The maximum atomic E-state index is 8.93. The van der Waals surface area contributed by atoms with Crippen molar-refractivity contribution in [2.75, 3.05) is 11.9 Å². The molecule has 0 aliphatic heterocycles. The molecule has 1 N–H and O–H groups in total. The van der Waals surface area contributed by atoms with Crippen LogP contribution >= 0.6 is 0 Å². The van der Waals surface area contributed by atoms with Crippen LogP contribution in [0, 0.1) is 23.7 Å². The maximum absolute atomic E-state index is 8.93. The number of aromatic nitrogens is 1. The summed E-state index contributed by atoms with van der Waals surface area (Å²) in [6, 6.07) is 8.00. The highest BCUT2D eigenvalue weighted by atomic mass is 16.3. The van der Waals surface area contributed by atoms with Gasteiger partial charge in [0, 0.05) is 19.2 Å². The number of oxazole rings is 1. The topological polar surface area (TPSA) is 61.9 Å². The van der Waals surface area contributed by atoms with Gasteiger partial charge in [0.05, 0.1) is 11.5 Å². The van der Waals surface area contributed by atoms with Gasteiger partial charge in [-0.05, 0) is 32.0 Å². The summed E-state index contributed by atoms with van der Waals surface area (Å²) in [4.78, 5) is 4.27. The Morgan fingerprint density at radius 2 is 2.24 bits per heavy atom. The van der Waals surface area contributed by atoms with Crippen molar-refractivity contribution in [1.29, 1.82) is 5.26 Å². The van der Waals surface area contributed by atoms with Gasteiger partial charge in [0.15, 0.2) is 11.5 Å². The van der Waals surface area contributed by atoms with E-state index in [-0.39, 0.29) is 5.41 Å². The van der Waals surface area contributed by atoms with Crippen LogP contribution in [0.3, 0.4) is 0 Å². The molecular formula is C13H15N3O. The Morgan fingerprint density at radius 3 is 2.94 bits per heavy atom. The molecule has 4 nitrogen and oxygen atoms in total. The van der Waals surface area contributed by atoms with Crippen molar-refractivity contribution < 1.29 is 4.42 Å². The Kier molecular flexibility index (Phi) is 2.76. The lowest BCUT2D eigenvalue weighted by Gasteiger charge is -2.16. The number of fused-ring (bicyclic) bond motifs is 1. The Bertz CT molecular complexity index is 578. The van der Waals surface area contributed by atoms with Crippen molar-refractivity contribution in [2.45, 2.75) is 20.8 Å². The third kappa shape index (κ3) is 2.56. The molecule has 0 aliphatic carbocycles. The largest absolute Gasteiger partial charge is 0.441 e. The summed E-state index contributed by atoms with van der Waals surface area (Å²) in [7, 11) is 0. The minimum Gasteiger partial charge on any atom is -0.441 e. The number of hydrogen-bond acceptors (Lipinski definition) is 4. The molecule has 0 unspecified atom stereocenters. The van der Waals surface area contributed by atoms with Crippen LogP contribution in [0.2, 0.25) is 0 Å². The molecule has 4 heteroatoms. The van der Waals surface area contributed by atoms with Gasteiger partial charge in [-0.15, -0.1) is 0 Å². The summed E-state index contributed by atoms with van der Waals surface area (Å²) in [5.74, 6) is 0.662. The van der Waals surface area contributed by atoms with E-state index < -0.39 is 0 Å². The van der Waals surface area contributed by atoms with Gasteiger partial charge >= 0.3 is 0 Å². The van der Waals surface area contributed by atoms with Crippen molar-refractivity contribution in [3.05, 3.63) is 24.1 Å². The smallest absolute Gasteiger partial charge is 0.192 e. The first-order valence-corrected chi connectivity index (χ1v) is 5.52. The number of hydrogen-bond donors (Lipinski definition) is 1. The zero-order chi connectivity index (χ0) is 12.5. The molecule has 1 aromatic carbocycles. The van der Waals surface area contributed by atoms with Gasteiger partial charge in [-0.2, -0.15) is 5.26 Å². The van der Waals surface area contributed by atoms with Gasteiger partial charge in [-0.3, -0.25) is 0 Å². The van der Waals surface area contributed by atoms with E-state index in [1.807, 2.05) is 39.0 Å². The first kappa shape index (κ1) is 11.5. The number of aryl methyl sites for hydroxylation is 1. The summed E-state index contributed by atoms with van der Waals surface area (Å²) in [5, 5.41) is 12.2. The van der Waals surface area contributed by atoms with Crippen LogP contribution in [0.4, 0.5) is 5.69 Å². The number of anilines is 1. The lowest BCUT2D eigenvalue weighted by molar-refractivity contribution is 0.529. The van der Waals surface area contributed by atoms with Crippen molar-refractivity contribution in [1.82, 2.24) is 4.98 Å². The highest BCUT2D eigenvalue weighted by molar-refractivity contribution is 5.77. The second-order valence-corrected chi connectivity index (χ2v) is 4.76. The van der Waals surface area contributed by atoms with Gasteiger partial charge in [0.2, 0.25) is 0 Å². The highest BCUT2D eigenvalue weighted by Crippen LogP contribution is 2.21. The molecule has 0 saturated carbocycles. The molecule has 0 spiro atoms. The molecule has 17 heavy (non-hydrogen) atoms. The number of nitriles is 1. The van der Waals surface area contributed by atoms with E-state index in [1.165, 1.54) is 0 Å². The molecule has 0 aliphatic rings. The van der Waals surface area contributed by atoms with Gasteiger partial charge in [0.25, 0.3) is 0 Å². The van der Waals surface area contributed by atoms with E-state index in [9.17, 15) is 0 Å². The van der Waals surface area contributed by atoms with Gasteiger partial charge < -0.3 is 9.73 Å². The van der Waals surface area contributed by atoms with Crippen LogP contribution in [0.5, 0.6) is 0 Å². The minimum atomic E-state index is -0.380. The third-order valence-corrected chi connectivity index (χ3v) is 2.53. The van der Waals surface area contributed by atoms with E-state index in [0.717, 1.165) is 16.8 Å². The second kappa shape index (κ2) is 4.10. The summed E-state index contributed by atoms with van der Waals surface area (Å²) in [6.07, 6.45) is 0. The number of nitrogens with zero attached hydrogens (tertiary/aromatic N) is 2. The lowest BCUT2D eigenvalue weighted by Crippen LogP contribution is -2.20. The number of nitrogens with one attached hydrogen (secondary N) is 1. The first-order chi connectivity index (χ1) is 8.00. The average molecular weight is 229 g/mol. The third-order valence-electron chi connectivity index (χ3n) is 2.53. The van der Waals surface area contributed by atoms with Crippen molar-refractivity contribution in [3.8, 4) is 6.07 Å². The Hall–Kier alpha value is -2.02. The van der Waals surface area contributed by atoms with Crippen molar-refractivity contribution in [3.63, 3.8) is 0 Å². The average Bonchev–Trinajstić information content (AvgIpc) is 2.66. The van der Waals surface area contributed by atoms with Crippen LogP contribution in [0.25, 0.3) is 11.1 Å². The molecular weight excluding hydrogens is 214 g/mol. The van der Waals surface area contributed by atoms with Crippen molar-refractivity contribution in [2.24, 2.45) is 5.41 Å². The standard InChI is InChI=1S/C13H15N3O/c1-9-16-11-6-10(4-5-12(11)17-9)15-8-13(2,3)7-14/h4-6,15H,8H2,1-3H3. The molecule has 2 rings (SSSR count). The molecule has 0 bridgehead atoms. The molecule has 1 aromatic heterocycles. The quantitative estimate of drug-likeness (QED) is 0.878. The van der Waals surface area contributed by atoms with Crippen LogP contribution < -0.4 is 5.32 Å². The number of benzene rings is 1. The first-order valence-electron chi connectivity index (χ1n) is 5.52. The molecule has 0 fully saturated rings. The minimum absolute atomic E-state index is 0.380. The fourth-order valence-electron chi connectivity index (χ4n) is 1.52. The predicted molar refractivity (Wildman–Crippen MR) is 66.6 cm³/mol. The van der Waals surface area contributed by atoms with Crippen LogP contribution in [0.15, 0.2) is 22.6 Å². The van der Waals surface area contributed by atoms with E-state index in [2.05, 4.69) is 16.4 Å². The van der Waals surface area contributed by atoms with Crippen molar-refractivity contribution >= 4 is 16.8 Å². The highest BCUT2D eigenvalue weighted by Gasteiger charge is 2.16. The van der Waals surface area contributed by atoms with E-state index in [0.29, 0.717) is 12.4 Å². The van der Waals surface area contributed by atoms with Crippen LogP contribution in [0.1, 0.15) is 19.7 Å². The molecule has 88 valence electrons. The Labute approximate surface area is 100 Å². The summed E-state index contributed by atoms with van der Waals surface area (Å²) in [6.45, 7) is 6.23. The fourth-order valence-corrected chi connectivity index (χ4v) is 1.52. The molecule has 1 heterocycles. The molecule has 0 amide bonds. The molecule has 2 aromatic rings. The molecule has 0 saturated heterocycles. The number of rotatable bonds is 3. The zero-order valence-corrected chi connectivity index (χ0v) is 10.2. The maximum Gasteiger partial charge on any atom is 0.192 e. The summed E-state index contributed by atoms with van der Waals surface area (Å²) >= 11 is 0. The monoisotopic (exact) mass is 229 g/mol.